The van der Waals surface area contributed by atoms with Gasteiger partial charge in [0.15, 0.2) is 0 Å². The molecular weight excluding hydrogens is 372 g/mol. The Kier molecular flexibility index (Phi) is 5.77. The molecule has 0 aliphatic carbocycles. The lowest BCUT2D eigenvalue weighted by Crippen LogP contribution is -2.14. The topological polar surface area (TPSA) is 114 Å². The minimum absolute atomic E-state index is 0.0945. The molecule has 0 bridgehead atoms. The molecule has 0 aliphatic heterocycles. The lowest BCUT2D eigenvalue weighted by molar-refractivity contribution is -0.385. The number of hydrazine groups is 1. The Morgan fingerprint density at radius 3 is 2.24 bits per heavy atom. The molecule has 9 heteroatoms. The minimum atomic E-state index is -0.498. The van der Waals surface area contributed by atoms with Crippen molar-refractivity contribution < 1.29 is 9.66 Å². The van der Waals surface area contributed by atoms with Crippen LogP contribution in [0.25, 0.3) is 0 Å². The second-order valence-corrected chi connectivity index (χ2v) is 6.49. The van der Waals surface area contributed by atoms with Crippen LogP contribution in [0.2, 0.25) is 0 Å². The van der Waals surface area contributed by atoms with Crippen molar-refractivity contribution in [2.24, 2.45) is 0 Å². The van der Waals surface area contributed by atoms with Crippen molar-refractivity contribution in [2.45, 2.75) is 20.8 Å². The normalized spacial score (nSPS) is 10.3. The first-order chi connectivity index (χ1) is 13.9. The van der Waals surface area contributed by atoms with E-state index < -0.39 is 4.92 Å². The Bertz CT molecular complexity index is 1040. The molecule has 0 radical (unpaired) electrons. The van der Waals surface area contributed by atoms with Crippen LogP contribution in [-0.2, 0) is 0 Å². The van der Waals surface area contributed by atoms with Crippen LogP contribution >= 0.6 is 0 Å². The van der Waals surface area contributed by atoms with E-state index >= 15 is 0 Å². The van der Waals surface area contributed by atoms with Crippen molar-refractivity contribution >= 4 is 28.8 Å². The van der Waals surface area contributed by atoms with Gasteiger partial charge in [0.1, 0.15) is 11.4 Å². The highest BCUT2D eigenvalue weighted by atomic mass is 16.6. The molecule has 0 fully saturated rings. The first-order valence-corrected chi connectivity index (χ1v) is 8.90. The zero-order valence-electron chi connectivity index (χ0n) is 16.6. The lowest BCUT2D eigenvalue weighted by Gasteiger charge is -2.13. The molecule has 2 aromatic carbocycles. The number of benzene rings is 2. The van der Waals surface area contributed by atoms with Crippen molar-refractivity contribution in [3.8, 4) is 5.75 Å². The van der Waals surface area contributed by atoms with Crippen LogP contribution in [-0.4, -0.2) is 22.0 Å². The summed E-state index contributed by atoms with van der Waals surface area (Å²) in [4.78, 5) is 19.5. The van der Waals surface area contributed by atoms with Gasteiger partial charge in [-0.2, -0.15) is 4.98 Å². The first kappa shape index (κ1) is 19.9. The SMILES string of the molecule is COc1ccc(Nc2nc(NNc3ccc(C)c(C)c3)nc(C)c2[N+](=O)[O-])cc1. The molecule has 29 heavy (non-hydrogen) atoms. The highest BCUT2D eigenvalue weighted by Gasteiger charge is 2.22. The number of nitrogens with one attached hydrogen (secondary N) is 3. The first-order valence-electron chi connectivity index (χ1n) is 8.90. The number of rotatable bonds is 7. The standard InChI is InChI=1S/C20H22N6O3/c1-12-5-6-16(11-13(12)2)24-25-20-21-14(3)18(26(27)28)19(23-20)22-15-7-9-17(29-4)10-8-15/h5-11,24H,1-4H3,(H2,21,22,23,25). The van der Waals surface area contributed by atoms with Gasteiger partial charge in [0.2, 0.25) is 11.8 Å². The van der Waals surface area contributed by atoms with Crippen molar-refractivity contribution in [1.82, 2.24) is 9.97 Å². The van der Waals surface area contributed by atoms with E-state index in [4.69, 9.17) is 4.74 Å². The van der Waals surface area contributed by atoms with Crippen molar-refractivity contribution in [3.63, 3.8) is 0 Å². The second kappa shape index (κ2) is 8.42. The molecule has 1 aromatic heterocycles. The lowest BCUT2D eigenvalue weighted by atomic mass is 10.1. The zero-order valence-corrected chi connectivity index (χ0v) is 16.6. The van der Waals surface area contributed by atoms with Gasteiger partial charge in [0, 0.05) is 5.69 Å². The Morgan fingerprint density at radius 1 is 0.931 bits per heavy atom. The number of hydrogen-bond acceptors (Lipinski definition) is 8. The highest BCUT2D eigenvalue weighted by molar-refractivity contribution is 5.69. The summed E-state index contributed by atoms with van der Waals surface area (Å²) < 4.78 is 5.13. The van der Waals surface area contributed by atoms with Crippen molar-refractivity contribution in [1.29, 1.82) is 0 Å². The zero-order chi connectivity index (χ0) is 21.0. The third-order valence-corrected chi connectivity index (χ3v) is 4.42. The molecule has 0 atom stereocenters. The molecule has 3 aromatic rings. The second-order valence-electron chi connectivity index (χ2n) is 6.49. The summed E-state index contributed by atoms with van der Waals surface area (Å²) >= 11 is 0. The molecule has 150 valence electrons. The summed E-state index contributed by atoms with van der Waals surface area (Å²) in [7, 11) is 1.57. The van der Waals surface area contributed by atoms with Gasteiger partial charge in [-0.25, -0.2) is 4.98 Å². The van der Waals surface area contributed by atoms with E-state index in [1.807, 2.05) is 32.0 Å². The van der Waals surface area contributed by atoms with Gasteiger partial charge in [-0.05, 0) is 68.3 Å². The number of aromatic nitrogens is 2. The maximum absolute atomic E-state index is 11.5. The average molecular weight is 394 g/mol. The van der Waals surface area contributed by atoms with Gasteiger partial charge in [0.25, 0.3) is 0 Å². The predicted molar refractivity (Wildman–Crippen MR) is 113 cm³/mol. The van der Waals surface area contributed by atoms with E-state index in [0.717, 1.165) is 11.3 Å². The van der Waals surface area contributed by atoms with Gasteiger partial charge in [-0.15, -0.1) is 0 Å². The molecule has 0 saturated heterocycles. The summed E-state index contributed by atoms with van der Waals surface area (Å²) in [6, 6.07) is 12.9. The fourth-order valence-electron chi connectivity index (χ4n) is 2.69. The number of ether oxygens (including phenoxy) is 1. The molecule has 3 rings (SSSR count). The fourth-order valence-corrected chi connectivity index (χ4v) is 2.69. The van der Waals surface area contributed by atoms with E-state index in [-0.39, 0.29) is 23.1 Å². The van der Waals surface area contributed by atoms with E-state index in [9.17, 15) is 10.1 Å². The number of aryl methyl sites for hydroxylation is 3. The van der Waals surface area contributed by atoms with E-state index in [0.29, 0.717) is 11.4 Å². The quantitative estimate of drug-likeness (QED) is 0.396. The third-order valence-electron chi connectivity index (χ3n) is 4.42. The number of anilines is 4. The predicted octanol–water partition coefficient (Wildman–Crippen LogP) is 4.50. The molecule has 1 heterocycles. The van der Waals surface area contributed by atoms with Crippen LogP contribution in [0.3, 0.4) is 0 Å². The van der Waals surface area contributed by atoms with E-state index in [1.54, 1.807) is 38.3 Å². The van der Waals surface area contributed by atoms with Crippen molar-refractivity contribution in [2.75, 3.05) is 23.3 Å². The van der Waals surface area contributed by atoms with Crippen molar-refractivity contribution in [3.05, 3.63) is 69.4 Å². The minimum Gasteiger partial charge on any atom is -0.497 e. The Morgan fingerprint density at radius 2 is 1.62 bits per heavy atom. The summed E-state index contributed by atoms with van der Waals surface area (Å²) in [5, 5.41) is 14.5. The maximum atomic E-state index is 11.5. The third kappa shape index (κ3) is 4.70. The average Bonchev–Trinajstić information content (AvgIpc) is 2.69. The molecule has 9 nitrogen and oxygen atoms in total. The monoisotopic (exact) mass is 394 g/mol. The summed E-state index contributed by atoms with van der Waals surface area (Å²) in [6.45, 7) is 5.62. The van der Waals surface area contributed by atoms with Gasteiger partial charge < -0.3 is 10.1 Å². The molecule has 0 amide bonds. The van der Waals surface area contributed by atoms with Crippen LogP contribution in [0.4, 0.5) is 28.8 Å². The number of nitrogens with zero attached hydrogens (tertiary/aromatic N) is 3. The van der Waals surface area contributed by atoms with E-state index in [1.165, 1.54) is 5.56 Å². The number of methoxy groups -OCH3 is 1. The van der Waals surface area contributed by atoms with Crippen LogP contribution in [0.15, 0.2) is 42.5 Å². The fraction of sp³-hybridized carbons (Fsp3) is 0.200. The van der Waals surface area contributed by atoms with E-state index in [2.05, 4.69) is 26.1 Å². The molecule has 0 spiro atoms. The number of hydrogen-bond donors (Lipinski definition) is 3. The van der Waals surface area contributed by atoms with Gasteiger partial charge in [-0.3, -0.25) is 21.0 Å². The molecule has 3 N–H and O–H groups in total. The van der Waals surface area contributed by atoms with Crippen LogP contribution < -0.4 is 20.9 Å². The maximum Gasteiger partial charge on any atom is 0.332 e. The molecule has 0 aliphatic rings. The number of nitro groups is 1. The molecular formula is C20H22N6O3. The summed E-state index contributed by atoms with van der Waals surface area (Å²) in [6.07, 6.45) is 0. The molecule has 0 unspecified atom stereocenters. The van der Waals surface area contributed by atoms with Gasteiger partial charge in [-0.1, -0.05) is 6.07 Å². The molecule has 0 saturated carbocycles. The Hall–Kier alpha value is -3.88. The van der Waals surface area contributed by atoms with Crippen LogP contribution in [0, 0.1) is 30.9 Å². The summed E-state index contributed by atoms with van der Waals surface area (Å²) in [5.74, 6) is 0.989. The summed E-state index contributed by atoms with van der Waals surface area (Å²) in [5.41, 5.74) is 9.78. The Balaban J connectivity index is 1.86. The van der Waals surface area contributed by atoms with Crippen LogP contribution in [0.1, 0.15) is 16.8 Å². The largest absolute Gasteiger partial charge is 0.497 e. The smallest absolute Gasteiger partial charge is 0.332 e. The van der Waals surface area contributed by atoms with Gasteiger partial charge in [0.05, 0.1) is 17.7 Å². The Labute approximate surface area is 168 Å². The van der Waals surface area contributed by atoms with Gasteiger partial charge >= 0.3 is 5.69 Å². The van der Waals surface area contributed by atoms with Crippen LogP contribution in [0.5, 0.6) is 5.75 Å². The highest BCUT2D eigenvalue weighted by Crippen LogP contribution is 2.30.